The third kappa shape index (κ3) is 3.63. The molecule has 0 amide bonds. The molecule has 118 valence electrons. The number of alkyl halides is 1. The zero-order chi connectivity index (χ0) is 15.6. The van der Waals surface area contributed by atoms with Gasteiger partial charge < -0.3 is 0 Å². The molecule has 2 rings (SSSR count). The SMILES string of the molecule is CCN(CC1CCC1)S(=O)(=O)c1cc(CCl)cc(C)c1Br. The number of nitrogens with zero attached hydrogens (tertiary/aromatic N) is 1. The Hall–Kier alpha value is -0.100. The number of aryl methyl sites for hydroxylation is 1. The van der Waals surface area contributed by atoms with Gasteiger partial charge in [0.05, 0.1) is 4.90 Å². The van der Waals surface area contributed by atoms with Crippen molar-refractivity contribution in [3.8, 4) is 0 Å². The first-order valence-corrected chi connectivity index (χ1v) is 10.0. The van der Waals surface area contributed by atoms with Gasteiger partial charge >= 0.3 is 0 Å². The van der Waals surface area contributed by atoms with Gasteiger partial charge in [-0.1, -0.05) is 19.4 Å². The number of hydrogen-bond acceptors (Lipinski definition) is 2. The van der Waals surface area contributed by atoms with Gasteiger partial charge in [-0.2, -0.15) is 4.31 Å². The molecule has 1 fully saturated rings. The first-order chi connectivity index (χ1) is 9.90. The molecule has 6 heteroatoms. The van der Waals surface area contributed by atoms with Gasteiger partial charge in [-0.15, -0.1) is 11.6 Å². The second-order valence-corrected chi connectivity index (χ2v) is 8.58. The molecule has 1 aromatic carbocycles. The van der Waals surface area contributed by atoms with E-state index in [1.807, 2.05) is 19.9 Å². The van der Waals surface area contributed by atoms with Crippen LogP contribution >= 0.6 is 27.5 Å². The summed E-state index contributed by atoms with van der Waals surface area (Å²) in [7, 11) is -3.48. The Morgan fingerprint density at radius 3 is 2.52 bits per heavy atom. The summed E-state index contributed by atoms with van der Waals surface area (Å²) in [5.74, 6) is 0.821. The van der Waals surface area contributed by atoms with Crippen LogP contribution in [0.3, 0.4) is 0 Å². The summed E-state index contributed by atoms with van der Waals surface area (Å²) in [5.41, 5.74) is 1.72. The summed E-state index contributed by atoms with van der Waals surface area (Å²) < 4.78 is 28.1. The van der Waals surface area contributed by atoms with Gasteiger partial charge in [0, 0.05) is 23.4 Å². The molecule has 0 radical (unpaired) electrons. The van der Waals surface area contributed by atoms with Gasteiger partial charge in [0.1, 0.15) is 0 Å². The van der Waals surface area contributed by atoms with Gasteiger partial charge in [-0.25, -0.2) is 8.42 Å². The molecule has 0 unspecified atom stereocenters. The summed E-state index contributed by atoms with van der Waals surface area (Å²) in [5, 5.41) is 0. The zero-order valence-electron chi connectivity index (χ0n) is 12.4. The van der Waals surface area contributed by atoms with Crippen molar-refractivity contribution in [3.05, 3.63) is 27.7 Å². The molecule has 0 spiro atoms. The summed E-state index contributed by atoms with van der Waals surface area (Å²) in [6, 6.07) is 3.60. The lowest BCUT2D eigenvalue weighted by molar-refractivity contribution is 0.250. The minimum atomic E-state index is -3.48. The van der Waals surface area contributed by atoms with Crippen LogP contribution < -0.4 is 0 Å². The van der Waals surface area contributed by atoms with E-state index in [-0.39, 0.29) is 0 Å². The van der Waals surface area contributed by atoms with Gasteiger partial charge in [0.15, 0.2) is 0 Å². The van der Waals surface area contributed by atoms with Crippen molar-refractivity contribution in [2.45, 2.75) is 43.9 Å². The molecule has 0 aromatic heterocycles. The smallest absolute Gasteiger partial charge is 0.207 e. The van der Waals surface area contributed by atoms with Crippen LogP contribution in [0, 0.1) is 12.8 Å². The largest absolute Gasteiger partial charge is 0.244 e. The Morgan fingerprint density at radius 1 is 1.38 bits per heavy atom. The van der Waals surface area contributed by atoms with Crippen molar-refractivity contribution >= 4 is 37.6 Å². The first kappa shape index (κ1) is 17.3. The molecule has 21 heavy (non-hydrogen) atoms. The van der Waals surface area contributed by atoms with Gasteiger partial charge in [-0.05, 0) is 58.8 Å². The highest BCUT2D eigenvalue weighted by molar-refractivity contribution is 9.10. The van der Waals surface area contributed by atoms with Gasteiger partial charge in [0.25, 0.3) is 0 Å². The van der Waals surface area contributed by atoms with Crippen molar-refractivity contribution < 1.29 is 8.42 Å². The van der Waals surface area contributed by atoms with Gasteiger partial charge in [-0.3, -0.25) is 0 Å². The van der Waals surface area contributed by atoms with E-state index in [1.54, 1.807) is 10.4 Å². The Morgan fingerprint density at radius 2 is 2.05 bits per heavy atom. The average molecular weight is 395 g/mol. The third-order valence-corrected chi connectivity index (χ3v) is 7.68. The molecule has 1 aliphatic carbocycles. The highest BCUT2D eigenvalue weighted by atomic mass is 79.9. The number of hydrogen-bond donors (Lipinski definition) is 0. The molecule has 3 nitrogen and oxygen atoms in total. The van der Waals surface area contributed by atoms with Crippen LogP contribution in [0.5, 0.6) is 0 Å². The number of halogens is 2. The Bertz CT molecular complexity index is 614. The Labute approximate surface area is 140 Å². The van der Waals surface area contributed by atoms with Crippen LogP contribution in [-0.2, 0) is 15.9 Å². The van der Waals surface area contributed by atoms with Crippen molar-refractivity contribution in [3.63, 3.8) is 0 Å². The van der Waals surface area contributed by atoms with E-state index < -0.39 is 10.0 Å². The maximum atomic E-state index is 12.9. The molecule has 0 saturated heterocycles. The minimum Gasteiger partial charge on any atom is -0.207 e. The molecule has 1 aliphatic rings. The molecule has 0 N–H and O–H groups in total. The minimum absolute atomic E-state index is 0.311. The summed E-state index contributed by atoms with van der Waals surface area (Å²) in [6.45, 7) is 4.90. The van der Waals surface area contributed by atoms with E-state index in [4.69, 9.17) is 11.6 Å². The quantitative estimate of drug-likeness (QED) is 0.674. The lowest BCUT2D eigenvalue weighted by Gasteiger charge is -2.31. The van der Waals surface area contributed by atoms with Crippen LogP contribution in [0.25, 0.3) is 0 Å². The molecule has 0 heterocycles. The zero-order valence-corrected chi connectivity index (χ0v) is 15.6. The molecular formula is C15H21BrClNO2S. The molecule has 1 aromatic rings. The summed E-state index contributed by atoms with van der Waals surface area (Å²) in [4.78, 5) is 0.333. The predicted octanol–water partition coefficient (Wildman–Crippen LogP) is 4.31. The fourth-order valence-electron chi connectivity index (χ4n) is 2.57. The van der Waals surface area contributed by atoms with Crippen molar-refractivity contribution in [1.82, 2.24) is 4.31 Å². The second-order valence-electron chi connectivity index (χ2n) is 5.61. The van der Waals surface area contributed by atoms with E-state index in [0.717, 1.165) is 24.0 Å². The van der Waals surface area contributed by atoms with Crippen LogP contribution in [-0.4, -0.2) is 25.8 Å². The Balaban J connectivity index is 2.39. The van der Waals surface area contributed by atoms with Crippen molar-refractivity contribution in [2.24, 2.45) is 5.92 Å². The molecule has 0 bridgehead atoms. The summed E-state index contributed by atoms with van der Waals surface area (Å²) >= 11 is 9.30. The maximum Gasteiger partial charge on any atom is 0.244 e. The molecular weight excluding hydrogens is 374 g/mol. The van der Waals surface area contributed by atoms with Crippen LogP contribution in [0.1, 0.15) is 37.3 Å². The van der Waals surface area contributed by atoms with Crippen molar-refractivity contribution in [1.29, 1.82) is 0 Å². The normalized spacial score (nSPS) is 16.2. The average Bonchev–Trinajstić information content (AvgIpc) is 2.40. The van der Waals surface area contributed by atoms with E-state index in [0.29, 0.717) is 34.3 Å². The fourth-order valence-corrected chi connectivity index (χ4v) is 5.28. The standard InChI is InChI=1S/C15H21BrClNO2S/c1-3-18(10-12-5-4-6-12)21(19,20)14-8-13(9-17)7-11(2)15(14)16/h7-8,12H,3-6,9-10H2,1-2H3. The van der Waals surface area contributed by atoms with E-state index in [9.17, 15) is 8.42 Å². The topological polar surface area (TPSA) is 37.4 Å². The fraction of sp³-hybridized carbons (Fsp3) is 0.600. The van der Waals surface area contributed by atoms with E-state index >= 15 is 0 Å². The lowest BCUT2D eigenvalue weighted by Crippen LogP contribution is -2.37. The van der Waals surface area contributed by atoms with Crippen molar-refractivity contribution in [2.75, 3.05) is 13.1 Å². The highest BCUT2D eigenvalue weighted by Crippen LogP contribution is 2.33. The Kier molecular flexibility index (Phi) is 5.74. The van der Waals surface area contributed by atoms with E-state index in [1.165, 1.54) is 6.42 Å². The monoisotopic (exact) mass is 393 g/mol. The van der Waals surface area contributed by atoms with E-state index in [2.05, 4.69) is 15.9 Å². The number of sulfonamides is 1. The first-order valence-electron chi connectivity index (χ1n) is 7.25. The highest BCUT2D eigenvalue weighted by Gasteiger charge is 2.30. The van der Waals surface area contributed by atoms with Crippen LogP contribution in [0.2, 0.25) is 0 Å². The molecule has 1 saturated carbocycles. The summed E-state index contributed by atoms with van der Waals surface area (Å²) in [6.07, 6.45) is 3.48. The maximum absolute atomic E-state index is 12.9. The number of rotatable bonds is 6. The molecule has 0 aliphatic heterocycles. The lowest BCUT2D eigenvalue weighted by atomic mass is 9.85. The van der Waals surface area contributed by atoms with Crippen LogP contribution in [0.15, 0.2) is 21.5 Å². The molecule has 0 atom stereocenters. The van der Waals surface area contributed by atoms with Gasteiger partial charge in [0.2, 0.25) is 10.0 Å². The predicted molar refractivity (Wildman–Crippen MR) is 90.2 cm³/mol. The van der Waals surface area contributed by atoms with Crippen LogP contribution in [0.4, 0.5) is 0 Å². The second kappa shape index (κ2) is 6.99. The third-order valence-electron chi connectivity index (χ3n) is 4.09. The number of benzene rings is 1.